The van der Waals surface area contributed by atoms with Crippen LogP contribution in [0.2, 0.25) is 0 Å². The lowest BCUT2D eigenvalue weighted by Gasteiger charge is -2.36. The molecule has 0 aliphatic carbocycles. The highest BCUT2D eigenvalue weighted by Gasteiger charge is 2.18. The van der Waals surface area contributed by atoms with Crippen LogP contribution in [-0.4, -0.2) is 62.5 Å². The number of hydrogen-bond donors (Lipinski definition) is 1. The van der Waals surface area contributed by atoms with Gasteiger partial charge in [-0.1, -0.05) is 13.0 Å². The van der Waals surface area contributed by atoms with E-state index in [1.165, 1.54) is 16.8 Å². The predicted octanol–water partition coefficient (Wildman–Crippen LogP) is 2.90. The van der Waals surface area contributed by atoms with Gasteiger partial charge in [-0.3, -0.25) is 14.5 Å². The highest BCUT2D eigenvalue weighted by atomic mass is 16.5. The molecule has 6 heteroatoms. The summed E-state index contributed by atoms with van der Waals surface area (Å²) in [5, 5.41) is 3.06. The van der Waals surface area contributed by atoms with Gasteiger partial charge in [0.1, 0.15) is 0 Å². The maximum Gasteiger partial charge on any atom is 0.251 e. The van der Waals surface area contributed by atoms with Crippen LogP contribution in [0.25, 0.3) is 0 Å². The third kappa shape index (κ3) is 5.32. The highest BCUT2D eigenvalue weighted by Crippen LogP contribution is 2.19. The molecule has 2 aliphatic heterocycles. The number of piperazine rings is 1. The SMILES string of the molecule is CCC(=O)c1ccc(N2CCN(CCNC(=O)c3ccc4c(c3)CCOC4)CC2)cc1. The fraction of sp³-hybridized carbons (Fsp3) is 0.440. The van der Waals surface area contributed by atoms with Crippen molar-refractivity contribution in [1.82, 2.24) is 10.2 Å². The number of anilines is 1. The average molecular weight is 422 g/mol. The zero-order chi connectivity index (χ0) is 21.6. The van der Waals surface area contributed by atoms with Gasteiger partial charge < -0.3 is 15.0 Å². The quantitative estimate of drug-likeness (QED) is 0.697. The fourth-order valence-electron chi connectivity index (χ4n) is 4.23. The molecule has 4 rings (SSSR count). The first-order chi connectivity index (χ1) is 15.1. The maximum atomic E-state index is 12.5. The van der Waals surface area contributed by atoms with E-state index in [0.717, 1.165) is 56.9 Å². The summed E-state index contributed by atoms with van der Waals surface area (Å²) < 4.78 is 5.46. The summed E-state index contributed by atoms with van der Waals surface area (Å²) in [5.74, 6) is 0.178. The van der Waals surface area contributed by atoms with E-state index in [1.54, 1.807) is 0 Å². The number of nitrogens with zero attached hydrogens (tertiary/aromatic N) is 2. The number of rotatable bonds is 7. The number of benzene rings is 2. The molecule has 1 amide bonds. The number of fused-ring (bicyclic) bond motifs is 1. The number of amides is 1. The molecule has 1 fully saturated rings. The highest BCUT2D eigenvalue weighted by molar-refractivity contribution is 5.96. The zero-order valence-electron chi connectivity index (χ0n) is 18.2. The molecule has 0 atom stereocenters. The maximum absolute atomic E-state index is 12.5. The van der Waals surface area contributed by atoms with Crippen LogP contribution in [0.3, 0.4) is 0 Å². The van der Waals surface area contributed by atoms with E-state index in [2.05, 4.69) is 15.1 Å². The molecule has 0 spiro atoms. The van der Waals surface area contributed by atoms with Crippen molar-refractivity contribution in [3.05, 3.63) is 64.7 Å². The standard InChI is InChI=1S/C25H31N3O3/c1-2-24(29)19-5-7-23(8-6-19)28-14-12-27(13-15-28)11-10-26-25(30)21-3-4-22-18-31-16-9-20(22)17-21/h3-8,17H,2,9-16,18H2,1H3,(H,26,30). The second-order valence-electron chi connectivity index (χ2n) is 8.19. The fourth-order valence-corrected chi connectivity index (χ4v) is 4.23. The van der Waals surface area contributed by atoms with Crippen molar-refractivity contribution in [3.8, 4) is 0 Å². The summed E-state index contributed by atoms with van der Waals surface area (Å²) in [6, 6.07) is 13.8. The summed E-state index contributed by atoms with van der Waals surface area (Å²) in [4.78, 5) is 29.0. The van der Waals surface area contributed by atoms with Gasteiger partial charge in [-0.2, -0.15) is 0 Å². The molecule has 2 aromatic carbocycles. The van der Waals surface area contributed by atoms with Gasteiger partial charge in [-0.25, -0.2) is 0 Å². The van der Waals surface area contributed by atoms with Crippen molar-refractivity contribution in [2.45, 2.75) is 26.4 Å². The molecular weight excluding hydrogens is 390 g/mol. The van der Waals surface area contributed by atoms with Gasteiger partial charge in [0.05, 0.1) is 13.2 Å². The Morgan fingerprint density at radius 1 is 0.968 bits per heavy atom. The lowest BCUT2D eigenvalue weighted by atomic mass is 10.00. The van der Waals surface area contributed by atoms with E-state index in [1.807, 2.05) is 49.4 Å². The number of carbonyl (C=O) groups excluding carboxylic acids is 2. The molecule has 0 radical (unpaired) electrons. The summed E-state index contributed by atoms with van der Waals surface area (Å²) in [7, 11) is 0. The normalized spacial score (nSPS) is 16.6. The Morgan fingerprint density at radius 3 is 2.45 bits per heavy atom. The van der Waals surface area contributed by atoms with E-state index in [9.17, 15) is 9.59 Å². The molecule has 6 nitrogen and oxygen atoms in total. The third-order valence-electron chi connectivity index (χ3n) is 6.20. The van der Waals surface area contributed by atoms with Crippen LogP contribution in [-0.2, 0) is 17.8 Å². The van der Waals surface area contributed by atoms with Gasteiger partial charge in [-0.05, 0) is 53.9 Å². The first-order valence-electron chi connectivity index (χ1n) is 11.2. The van der Waals surface area contributed by atoms with E-state index in [4.69, 9.17) is 4.74 Å². The zero-order valence-corrected chi connectivity index (χ0v) is 18.2. The molecule has 0 saturated carbocycles. The molecule has 0 aromatic heterocycles. The van der Waals surface area contributed by atoms with E-state index < -0.39 is 0 Å². The molecular formula is C25H31N3O3. The Balaban J connectivity index is 1.21. The minimum absolute atomic E-state index is 0.00496. The number of hydrogen-bond acceptors (Lipinski definition) is 5. The first kappa shape index (κ1) is 21.5. The van der Waals surface area contributed by atoms with Crippen LogP contribution in [0.4, 0.5) is 5.69 Å². The minimum atomic E-state index is -0.00496. The second kappa shape index (κ2) is 10.1. The summed E-state index contributed by atoms with van der Waals surface area (Å²) >= 11 is 0. The summed E-state index contributed by atoms with van der Waals surface area (Å²) in [6.45, 7) is 8.57. The Hall–Kier alpha value is -2.70. The van der Waals surface area contributed by atoms with Crippen LogP contribution in [0.1, 0.15) is 45.2 Å². The third-order valence-corrected chi connectivity index (χ3v) is 6.20. The Labute approximate surface area is 184 Å². The van der Waals surface area contributed by atoms with Crippen LogP contribution in [0.5, 0.6) is 0 Å². The van der Waals surface area contributed by atoms with Crippen molar-refractivity contribution in [2.75, 3.05) is 50.8 Å². The van der Waals surface area contributed by atoms with Gasteiger partial charge in [0.25, 0.3) is 5.91 Å². The van der Waals surface area contributed by atoms with E-state index in [0.29, 0.717) is 19.6 Å². The number of ether oxygens (including phenoxy) is 1. The molecule has 1 N–H and O–H groups in total. The lowest BCUT2D eigenvalue weighted by Crippen LogP contribution is -2.48. The molecule has 2 heterocycles. The number of ketones is 1. The molecule has 2 aromatic rings. The van der Waals surface area contributed by atoms with Crippen LogP contribution < -0.4 is 10.2 Å². The largest absolute Gasteiger partial charge is 0.376 e. The van der Waals surface area contributed by atoms with Crippen LogP contribution in [0, 0.1) is 0 Å². The van der Waals surface area contributed by atoms with Gasteiger partial charge in [0.15, 0.2) is 5.78 Å². The Morgan fingerprint density at radius 2 is 1.71 bits per heavy atom. The number of nitrogens with one attached hydrogen (secondary N) is 1. The van der Waals surface area contributed by atoms with Crippen molar-refractivity contribution < 1.29 is 14.3 Å². The summed E-state index contributed by atoms with van der Waals surface area (Å²) in [6.07, 6.45) is 1.41. The van der Waals surface area contributed by atoms with Crippen molar-refractivity contribution >= 4 is 17.4 Å². The molecule has 1 saturated heterocycles. The van der Waals surface area contributed by atoms with Gasteiger partial charge in [-0.15, -0.1) is 0 Å². The van der Waals surface area contributed by atoms with Crippen molar-refractivity contribution in [1.29, 1.82) is 0 Å². The number of carbonyl (C=O) groups is 2. The van der Waals surface area contributed by atoms with Crippen molar-refractivity contribution in [3.63, 3.8) is 0 Å². The molecule has 31 heavy (non-hydrogen) atoms. The Bertz CT molecular complexity index is 918. The van der Waals surface area contributed by atoms with Gasteiger partial charge >= 0.3 is 0 Å². The van der Waals surface area contributed by atoms with Gasteiger partial charge in [0.2, 0.25) is 0 Å². The topological polar surface area (TPSA) is 61.9 Å². The second-order valence-corrected chi connectivity index (χ2v) is 8.19. The summed E-state index contributed by atoms with van der Waals surface area (Å²) in [5.41, 5.74) is 5.09. The van der Waals surface area contributed by atoms with Crippen molar-refractivity contribution in [2.24, 2.45) is 0 Å². The van der Waals surface area contributed by atoms with Crippen LogP contribution in [0.15, 0.2) is 42.5 Å². The van der Waals surface area contributed by atoms with Crippen LogP contribution >= 0.6 is 0 Å². The van der Waals surface area contributed by atoms with E-state index in [-0.39, 0.29) is 11.7 Å². The molecule has 164 valence electrons. The van der Waals surface area contributed by atoms with E-state index >= 15 is 0 Å². The smallest absolute Gasteiger partial charge is 0.251 e. The molecule has 0 bridgehead atoms. The monoisotopic (exact) mass is 421 g/mol. The molecule has 2 aliphatic rings. The predicted molar refractivity (Wildman–Crippen MR) is 122 cm³/mol. The Kier molecular flexibility index (Phi) is 6.99. The lowest BCUT2D eigenvalue weighted by molar-refractivity contribution is 0.0944. The molecule has 0 unspecified atom stereocenters. The first-order valence-corrected chi connectivity index (χ1v) is 11.2. The minimum Gasteiger partial charge on any atom is -0.376 e. The average Bonchev–Trinajstić information content (AvgIpc) is 2.83. The number of Topliss-reactive ketones (excluding diaryl/α,β-unsaturated/α-hetero) is 1. The van der Waals surface area contributed by atoms with Gasteiger partial charge in [0, 0.05) is 62.5 Å².